The highest BCUT2D eigenvalue weighted by Crippen LogP contribution is 2.31. The Morgan fingerprint density at radius 1 is 0.900 bits per heavy atom. The van der Waals surface area contributed by atoms with Crippen LogP contribution in [0.2, 0.25) is 0 Å². The lowest BCUT2D eigenvalue weighted by Gasteiger charge is -2.22. The van der Waals surface area contributed by atoms with E-state index in [0.29, 0.717) is 0 Å². The SMILES string of the molecule is Cc1cc(C=O)cc(-c2ccc(C)c(C(C)(C)C)c2)c1. The molecule has 2 aromatic rings. The standard InChI is InChI=1S/C19H22O/c1-13-8-15(12-20)10-17(9-13)16-7-6-14(2)18(11-16)19(3,4)5/h6-12H,1-5H3. The molecule has 20 heavy (non-hydrogen) atoms. The highest BCUT2D eigenvalue weighted by molar-refractivity contribution is 5.79. The van der Waals surface area contributed by atoms with Crippen LogP contribution in [0.1, 0.15) is 47.8 Å². The van der Waals surface area contributed by atoms with Crippen molar-refractivity contribution < 1.29 is 4.79 Å². The molecule has 0 heterocycles. The molecule has 0 aliphatic heterocycles. The van der Waals surface area contributed by atoms with Crippen molar-refractivity contribution in [2.75, 3.05) is 0 Å². The second kappa shape index (κ2) is 5.24. The first kappa shape index (κ1) is 14.5. The normalized spacial score (nSPS) is 11.4. The van der Waals surface area contributed by atoms with Gasteiger partial charge >= 0.3 is 0 Å². The molecule has 0 unspecified atom stereocenters. The third-order valence-corrected chi connectivity index (χ3v) is 3.61. The molecule has 0 N–H and O–H groups in total. The molecule has 2 rings (SSSR count). The van der Waals surface area contributed by atoms with E-state index in [4.69, 9.17) is 0 Å². The summed E-state index contributed by atoms with van der Waals surface area (Å²) in [7, 11) is 0. The summed E-state index contributed by atoms with van der Waals surface area (Å²) in [5, 5.41) is 0. The lowest BCUT2D eigenvalue weighted by molar-refractivity contribution is 0.112. The summed E-state index contributed by atoms with van der Waals surface area (Å²) in [6.45, 7) is 10.9. The number of aryl methyl sites for hydroxylation is 2. The molecule has 0 aromatic heterocycles. The van der Waals surface area contributed by atoms with Crippen molar-refractivity contribution in [3.8, 4) is 11.1 Å². The van der Waals surface area contributed by atoms with Crippen molar-refractivity contribution in [2.45, 2.75) is 40.0 Å². The van der Waals surface area contributed by atoms with Gasteiger partial charge in [-0.15, -0.1) is 0 Å². The molecule has 0 aliphatic carbocycles. The predicted molar refractivity (Wildman–Crippen MR) is 85.4 cm³/mol. The Bertz CT molecular complexity index is 645. The fraction of sp³-hybridized carbons (Fsp3) is 0.316. The topological polar surface area (TPSA) is 17.1 Å². The van der Waals surface area contributed by atoms with Gasteiger partial charge in [0.05, 0.1) is 0 Å². The Labute approximate surface area is 121 Å². The lowest BCUT2D eigenvalue weighted by atomic mass is 9.82. The molecule has 2 aromatic carbocycles. The fourth-order valence-corrected chi connectivity index (χ4v) is 2.66. The van der Waals surface area contributed by atoms with Crippen molar-refractivity contribution >= 4 is 6.29 Å². The molecule has 1 heteroatoms. The van der Waals surface area contributed by atoms with Crippen LogP contribution >= 0.6 is 0 Å². The largest absolute Gasteiger partial charge is 0.298 e. The minimum Gasteiger partial charge on any atom is -0.298 e. The molecule has 0 fully saturated rings. The van der Waals surface area contributed by atoms with Crippen LogP contribution in [0.25, 0.3) is 11.1 Å². The highest BCUT2D eigenvalue weighted by atomic mass is 16.1. The number of carbonyl (C=O) groups excluding carboxylic acids is 1. The van der Waals surface area contributed by atoms with Gasteiger partial charge in [0.1, 0.15) is 6.29 Å². The van der Waals surface area contributed by atoms with E-state index in [-0.39, 0.29) is 5.41 Å². The zero-order valence-electron chi connectivity index (χ0n) is 12.9. The summed E-state index contributed by atoms with van der Waals surface area (Å²) in [5.41, 5.74) is 6.91. The molecule has 0 amide bonds. The maximum absolute atomic E-state index is 11.0. The fourth-order valence-electron chi connectivity index (χ4n) is 2.66. The molecule has 0 radical (unpaired) electrons. The number of benzene rings is 2. The van der Waals surface area contributed by atoms with Gasteiger partial charge in [-0.3, -0.25) is 4.79 Å². The summed E-state index contributed by atoms with van der Waals surface area (Å²) in [6.07, 6.45) is 0.912. The monoisotopic (exact) mass is 266 g/mol. The van der Waals surface area contributed by atoms with E-state index in [1.165, 1.54) is 16.7 Å². The lowest BCUT2D eigenvalue weighted by Crippen LogP contribution is -2.13. The number of hydrogen-bond acceptors (Lipinski definition) is 1. The van der Waals surface area contributed by atoms with Crippen molar-refractivity contribution in [3.63, 3.8) is 0 Å². The van der Waals surface area contributed by atoms with Crippen molar-refractivity contribution in [2.24, 2.45) is 0 Å². The van der Waals surface area contributed by atoms with E-state index in [2.05, 4.69) is 52.0 Å². The van der Waals surface area contributed by atoms with Gasteiger partial charge in [0, 0.05) is 5.56 Å². The molecule has 0 saturated heterocycles. The first-order valence-corrected chi connectivity index (χ1v) is 6.99. The van der Waals surface area contributed by atoms with Gasteiger partial charge in [-0.25, -0.2) is 0 Å². The third-order valence-electron chi connectivity index (χ3n) is 3.61. The van der Waals surface area contributed by atoms with Crippen LogP contribution < -0.4 is 0 Å². The van der Waals surface area contributed by atoms with E-state index >= 15 is 0 Å². The number of carbonyl (C=O) groups is 1. The van der Waals surface area contributed by atoms with Crippen LogP contribution in [0.4, 0.5) is 0 Å². The summed E-state index contributed by atoms with van der Waals surface area (Å²) < 4.78 is 0. The van der Waals surface area contributed by atoms with Gasteiger partial charge in [-0.1, -0.05) is 45.0 Å². The Kier molecular flexibility index (Phi) is 3.80. The van der Waals surface area contributed by atoms with Gasteiger partial charge in [0.2, 0.25) is 0 Å². The molecule has 0 bridgehead atoms. The van der Waals surface area contributed by atoms with Crippen LogP contribution in [0.15, 0.2) is 36.4 Å². The van der Waals surface area contributed by atoms with Gasteiger partial charge in [0.25, 0.3) is 0 Å². The maximum atomic E-state index is 11.0. The minimum atomic E-state index is 0.122. The molecule has 104 valence electrons. The van der Waals surface area contributed by atoms with Gasteiger partial charge < -0.3 is 0 Å². The van der Waals surface area contributed by atoms with E-state index < -0.39 is 0 Å². The van der Waals surface area contributed by atoms with E-state index in [9.17, 15) is 4.79 Å². The number of aldehydes is 1. The maximum Gasteiger partial charge on any atom is 0.150 e. The Morgan fingerprint density at radius 2 is 1.60 bits per heavy atom. The number of hydrogen-bond donors (Lipinski definition) is 0. The van der Waals surface area contributed by atoms with Crippen molar-refractivity contribution in [3.05, 3.63) is 58.7 Å². The molecular weight excluding hydrogens is 244 g/mol. The molecule has 0 atom stereocenters. The average molecular weight is 266 g/mol. The van der Waals surface area contributed by atoms with Crippen LogP contribution in [-0.2, 0) is 5.41 Å². The Morgan fingerprint density at radius 3 is 2.20 bits per heavy atom. The zero-order valence-corrected chi connectivity index (χ0v) is 12.9. The van der Waals surface area contributed by atoms with Crippen LogP contribution in [0.3, 0.4) is 0 Å². The summed E-state index contributed by atoms with van der Waals surface area (Å²) in [5.74, 6) is 0. The molecule has 1 nitrogen and oxygen atoms in total. The Hall–Kier alpha value is -1.89. The first-order chi connectivity index (χ1) is 9.31. The number of rotatable bonds is 2. The first-order valence-electron chi connectivity index (χ1n) is 6.99. The van der Waals surface area contributed by atoms with Crippen LogP contribution in [0, 0.1) is 13.8 Å². The summed E-state index contributed by atoms with van der Waals surface area (Å²) >= 11 is 0. The van der Waals surface area contributed by atoms with Gasteiger partial charge in [0.15, 0.2) is 0 Å². The van der Waals surface area contributed by atoms with Crippen LogP contribution in [-0.4, -0.2) is 6.29 Å². The van der Waals surface area contributed by atoms with Gasteiger partial charge in [-0.05, 0) is 59.2 Å². The van der Waals surface area contributed by atoms with E-state index in [0.717, 1.165) is 23.0 Å². The molecule has 0 saturated carbocycles. The summed E-state index contributed by atoms with van der Waals surface area (Å²) in [4.78, 5) is 11.0. The highest BCUT2D eigenvalue weighted by Gasteiger charge is 2.17. The molecular formula is C19H22O. The van der Waals surface area contributed by atoms with Crippen molar-refractivity contribution in [1.82, 2.24) is 0 Å². The quantitative estimate of drug-likeness (QED) is 0.693. The molecule has 0 spiro atoms. The van der Waals surface area contributed by atoms with E-state index in [1.807, 2.05) is 19.1 Å². The van der Waals surface area contributed by atoms with Crippen LogP contribution in [0.5, 0.6) is 0 Å². The Balaban J connectivity index is 2.59. The second-order valence-corrected chi connectivity index (χ2v) is 6.53. The minimum absolute atomic E-state index is 0.122. The zero-order chi connectivity index (χ0) is 14.9. The third kappa shape index (κ3) is 2.98. The molecule has 0 aliphatic rings. The van der Waals surface area contributed by atoms with Crippen molar-refractivity contribution in [1.29, 1.82) is 0 Å². The second-order valence-electron chi connectivity index (χ2n) is 6.53. The van der Waals surface area contributed by atoms with Gasteiger partial charge in [-0.2, -0.15) is 0 Å². The predicted octanol–water partition coefficient (Wildman–Crippen LogP) is 5.08. The average Bonchev–Trinajstić information content (AvgIpc) is 2.37. The van der Waals surface area contributed by atoms with E-state index in [1.54, 1.807) is 0 Å². The smallest absolute Gasteiger partial charge is 0.150 e. The summed E-state index contributed by atoms with van der Waals surface area (Å²) in [6, 6.07) is 12.5.